The fourth-order valence-corrected chi connectivity index (χ4v) is 3.49. The van der Waals surface area contributed by atoms with Gasteiger partial charge in [-0.25, -0.2) is 0 Å². The van der Waals surface area contributed by atoms with Crippen molar-refractivity contribution in [1.82, 2.24) is 4.90 Å². The zero-order valence-electron chi connectivity index (χ0n) is 14.8. The number of rotatable bonds is 5. The van der Waals surface area contributed by atoms with Gasteiger partial charge < -0.3 is 0 Å². The highest BCUT2D eigenvalue weighted by Crippen LogP contribution is 2.36. The standard InChI is InChI=1S/C7H15N.C6H3N3O9S/c1-5(2)8-6(3)7(8)4;10-7(11)3-1-4(8(12)13)6(19(16,17)18)5(2-3)9(14)15/h5-7H,1-4H3;1-2H,(H,16,17,18). The normalized spacial score (nSPS) is 21.2. The summed E-state index contributed by atoms with van der Waals surface area (Å²) >= 11 is 0. The highest BCUT2D eigenvalue weighted by atomic mass is 32.2. The zero-order valence-corrected chi connectivity index (χ0v) is 15.6. The van der Waals surface area contributed by atoms with Gasteiger partial charge in [0.2, 0.25) is 4.90 Å². The average molecular weight is 406 g/mol. The molecule has 1 fully saturated rings. The SMILES string of the molecule is CC(C)N1C(C)C1C.O=[N+]([O-])c1cc([N+](=O)[O-])c(S(=O)(=O)O)c([N+](=O)[O-])c1. The Morgan fingerprint density at radius 2 is 1.33 bits per heavy atom. The molecular weight excluding hydrogens is 388 g/mol. The maximum absolute atomic E-state index is 10.9. The molecule has 0 radical (unpaired) electrons. The highest BCUT2D eigenvalue weighted by Gasteiger charge is 2.41. The van der Waals surface area contributed by atoms with Crippen LogP contribution in [-0.4, -0.2) is 50.8 Å². The van der Waals surface area contributed by atoms with Crippen molar-refractivity contribution < 1.29 is 27.7 Å². The number of nitro groups is 3. The molecule has 2 unspecified atom stereocenters. The Balaban J connectivity index is 0.000000377. The summed E-state index contributed by atoms with van der Waals surface area (Å²) in [6, 6.07) is 2.84. The van der Waals surface area contributed by atoms with Crippen LogP contribution in [0.15, 0.2) is 17.0 Å². The molecule has 0 spiro atoms. The summed E-state index contributed by atoms with van der Waals surface area (Å²) in [5, 5.41) is 31.7. The molecule has 0 aliphatic carbocycles. The minimum atomic E-state index is -5.30. The average Bonchev–Trinajstić information content (AvgIpc) is 3.12. The van der Waals surface area contributed by atoms with E-state index >= 15 is 0 Å². The van der Waals surface area contributed by atoms with Crippen LogP contribution in [0.3, 0.4) is 0 Å². The summed E-state index contributed by atoms with van der Waals surface area (Å²) in [6.45, 7) is 9.06. The monoisotopic (exact) mass is 406 g/mol. The van der Waals surface area contributed by atoms with E-state index in [4.69, 9.17) is 4.55 Å². The van der Waals surface area contributed by atoms with E-state index in [-0.39, 0.29) is 12.1 Å². The molecule has 1 aliphatic heterocycles. The van der Waals surface area contributed by atoms with Gasteiger partial charge in [0, 0.05) is 18.1 Å². The summed E-state index contributed by atoms with van der Waals surface area (Å²) in [6.07, 6.45) is 0. The Bertz CT molecular complexity index is 834. The van der Waals surface area contributed by atoms with Crippen molar-refractivity contribution in [1.29, 1.82) is 0 Å². The lowest BCUT2D eigenvalue weighted by Gasteiger charge is -2.04. The third kappa shape index (κ3) is 5.15. The lowest BCUT2D eigenvalue weighted by Crippen LogP contribution is -2.11. The van der Waals surface area contributed by atoms with Crippen LogP contribution in [0.4, 0.5) is 17.1 Å². The van der Waals surface area contributed by atoms with E-state index in [9.17, 15) is 38.8 Å². The smallest absolute Gasteiger partial charge is 0.293 e. The molecule has 0 saturated carbocycles. The van der Waals surface area contributed by atoms with Crippen molar-refractivity contribution in [3.63, 3.8) is 0 Å². The first-order valence-corrected chi connectivity index (χ1v) is 9.00. The molecule has 2 rings (SSSR count). The van der Waals surface area contributed by atoms with Crippen molar-refractivity contribution in [2.24, 2.45) is 0 Å². The topological polar surface area (TPSA) is 187 Å². The zero-order chi connectivity index (χ0) is 21.3. The molecule has 13 nitrogen and oxygen atoms in total. The number of nitrogens with zero attached hydrogens (tertiary/aromatic N) is 4. The van der Waals surface area contributed by atoms with Crippen LogP contribution in [0.2, 0.25) is 0 Å². The lowest BCUT2D eigenvalue weighted by molar-refractivity contribution is -0.407. The van der Waals surface area contributed by atoms with Gasteiger partial charge in [-0.3, -0.25) is 39.8 Å². The fraction of sp³-hybridized carbons (Fsp3) is 0.538. The Kier molecular flexibility index (Phi) is 6.53. The molecule has 0 bridgehead atoms. The van der Waals surface area contributed by atoms with E-state index in [2.05, 4.69) is 32.6 Å². The fourth-order valence-electron chi connectivity index (χ4n) is 2.70. The van der Waals surface area contributed by atoms with E-state index in [1.54, 1.807) is 0 Å². The molecule has 1 aliphatic rings. The minimum absolute atomic E-state index is 0.204. The number of benzene rings is 1. The van der Waals surface area contributed by atoms with Gasteiger partial charge in [-0.1, -0.05) is 0 Å². The van der Waals surface area contributed by atoms with E-state index in [0.29, 0.717) is 0 Å². The Morgan fingerprint density at radius 3 is 1.48 bits per heavy atom. The van der Waals surface area contributed by atoms with Gasteiger partial charge in [0.25, 0.3) is 5.69 Å². The second kappa shape index (κ2) is 7.89. The molecule has 1 heterocycles. The molecular formula is C13H18N4O9S. The Morgan fingerprint density at radius 1 is 0.963 bits per heavy atom. The molecule has 27 heavy (non-hydrogen) atoms. The van der Waals surface area contributed by atoms with Crippen LogP contribution < -0.4 is 0 Å². The van der Waals surface area contributed by atoms with Crippen LogP contribution in [0.1, 0.15) is 27.7 Å². The third-order valence-electron chi connectivity index (χ3n) is 4.04. The van der Waals surface area contributed by atoms with E-state index in [1.807, 2.05) is 0 Å². The Hall–Kier alpha value is -2.71. The van der Waals surface area contributed by atoms with Gasteiger partial charge in [-0.05, 0) is 27.7 Å². The van der Waals surface area contributed by atoms with Gasteiger partial charge in [-0.15, -0.1) is 0 Å². The maximum Gasteiger partial charge on any atom is 0.308 e. The molecule has 150 valence electrons. The van der Waals surface area contributed by atoms with Crippen LogP contribution in [0.25, 0.3) is 0 Å². The largest absolute Gasteiger partial charge is 0.308 e. The van der Waals surface area contributed by atoms with E-state index in [1.165, 1.54) is 0 Å². The summed E-state index contributed by atoms with van der Waals surface area (Å²) < 4.78 is 30.7. The highest BCUT2D eigenvalue weighted by molar-refractivity contribution is 7.86. The van der Waals surface area contributed by atoms with Crippen molar-refractivity contribution in [3.8, 4) is 0 Å². The molecule has 1 aromatic rings. The van der Waals surface area contributed by atoms with Crippen LogP contribution in [-0.2, 0) is 10.1 Å². The van der Waals surface area contributed by atoms with Gasteiger partial charge in [0.15, 0.2) is 0 Å². The molecule has 1 saturated heterocycles. The van der Waals surface area contributed by atoms with Gasteiger partial charge >= 0.3 is 21.5 Å². The quantitative estimate of drug-likeness (QED) is 0.328. The first-order valence-electron chi connectivity index (χ1n) is 7.56. The summed E-state index contributed by atoms with van der Waals surface area (Å²) in [4.78, 5) is 28.6. The minimum Gasteiger partial charge on any atom is -0.293 e. The number of hydrogen-bond acceptors (Lipinski definition) is 9. The first-order chi connectivity index (χ1) is 12.2. The van der Waals surface area contributed by atoms with Crippen LogP contribution >= 0.6 is 0 Å². The summed E-state index contributed by atoms with van der Waals surface area (Å²) in [7, 11) is -5.30. The van der Waals surface area contributed by atoms with Gasteiger partial charge in [-0.2, -0.15) is 8.42 Å². The van der Waals surface area contributed by atoms with Gasteiger partial charge in [0.1, 0.15) is 0 Å². The molecule has 14 heteroatoms. The van der Waals surface area contributed by atoms with Crippen molar-refractivity contribution in [2.45, 2.75) is 50.7 Å². The van der Waals surface area contributed by atoms with Crippen molar-refractivity contribution in [2.75, 3.05) is 0 Å². The van der Waals surface area contributed by atoms with E-state index in [0.717, 1.165) is 18.1 Å². The van der Waals surface area contributed by atoms with Crippen molar-refractivity contribution >= 4 is 27.2 Å². The predicted octanol–water partition coefficient (Wildman–Crippen LogP) is 2.15. The molecule has 1 N–H and O–H groups in total. The van der Waals surface area contributed by atoms with Crippen LogP contribution in [0, 0.1) is 30.3 Å². The van der Waals surface area contributed by atoms with Crippen molar-refractivity contribution in [3.05, 3.63) is 42.5 Å². The molecule has 1 aromatic carbocycles. The second-order valence-corrected chi connectivity index (χ2v) is 7.44. The summed E-state index contributed by atoms with van der Waals surface area (Å²) in [5.41, 5.74) is -3.96. The molecule has 2 atom stereocenters. The van der Waals surface area contributed by atoms with Gasteiger partial charge in [0.05, 0.1) is 26.9 Å². The Labute approximate surface area is 153 Å². The van der Waals surface area contributed by atoms with E-state index < -0.39 is 46.8 Å². The molecule has 0 aromatic heterocycles. The van der Waals surface area contributed by atoms with Crippen LogP contribution in [0.5, 0.6) is 0 Å². The maximum atomic E-state index is 10.9. The molecule has 0 amide bonds. The summed E-state index contributed by atoms with van der Waals surface area (Å²) in [5.74, 6) is 0. The lowest BCUT2D eigenvalue weighted by atomic mass is 10.2. The number of hydrogen-bond donors (Lipinski definition) is 1. The second-order valence-electron chi connectivity index (χ2n) is 6.08. The first kappa shape index (κ1) is 22.3. The third-order valence-corrected chi connectivity index (χ3v) is 4.98. The number of non-ortho nitro benzene ring substituents is 1. The predicted molar refractivity (Wildman–Crippen MR) is 92.1 cm³/mol. The number of nitro benzene ring substituents is 3.